The second-order valence-electron chi connectivity index (χ2n) is 5.94. The largest absolute Gasteiger partial charge is 0.444 e. The van der Waals surface area contributed by atoms with Gasteiger partial charge < -0.3 is 15.4 Å². The molecule has 1 heterocycles. The molecule has 0 saturated heterocycles. The first kappa shape index (κ1) is 16.4. The number of ether oxygens (including phenoxy) is 1. The number of nitrogens with zero attached hydrogens (tertiary/aromatic N) is 1. The molecule has 1 unspecified atom stereocenters. The lowest BCUT2D eigenvalue weighted by Crippen LogP contribution is -2.41. The molecule has 1 aromatic heterocycles. The van der Waals surface area contributed by atoms with Gasteiger partial charge in [0.15, 0.2) is 0 Å². The average Bonchev–Trinajstić information content (AvgIpc) is 2.32. The second-order valence-corrected chi connectivity index (χ2v) is 5.94. The molecule has 0 bridgehead atoms. The fraction of sp³-hybridized carbons (Fsp3) is 0.600. The number of aromatic nitrogens is 1. The fourth-order valence-electron chi connectivity index (χ4n) is 1.60. The maximum atomic E-state index is 11.5. The molecule has 0 aliphatic carbocycles. The second kappa shape index (κ2) is 7.24. The molecule has 112 valence electrons. The molecular formula is C15H25N3O2. The molecule has 5 nitrogen and oxygen atoms in total. The molecule has 0 aromatic carbocycles. The van der Waals surface area contributed by atoms with Gasteiger partial charge in [-0.25, -0.2) is 4.79 Å². The van der Waals surface area contributed by atoms with Crippen molar-refractivity contribution in [3.63, 3.8) is 0 Å². The topological polar surface area (TPSA) is 63.2 Å². The van der Waals surface area contributed by atoms with Gasteiger partial charge in [-0.15, -0.1) is 0 Å². The van der Waals surface area contributed by atoms with Crippen LogP contribution in [0.15, 0.2) is 18.2 Å². The highest BCUT2D eigenvalue weighted by Gasteiger charge is 2.16. The predicted octanol–water partition coefficient (Wildman–Crippen LogP) is 2.39. The van der Waals surface area contributed by atoms with Crippen LogP contribution in [-0.2, 0) is 11.3 Å². The van der Waals surface area contributed by atoms with Crippen LogP contribution in [0.25, 0.3) is 0 Å². The highest BCUT2D eigenvalue weighted by molar-refractivity contribution is 5.67. The van der Waals surface area contributed by atoms with Gasteiger partial charge in [0, 0.05) is 24.8 Å². The van der Waals surface area contributed by atoms with Gasteiger partial charge in [-0.2, -0.15) is 0 Å². The first-order chi connectivity index (χ1) is 9.26. The van der Waals surface area contributed by atoms with Gasteiger partial charge in [0.2, 0.25) is 0 Å². The van der Waals surface area contributed by atoms with Crippen LogP contribution in [0.5, 0.6) is 0 Å². The van der Waals surface area contributed by atoms with Gasteiger partial charge >= 0.3 is 6.09 Å². The van der Waals surface area contributed by atoms with Gasteiger partial charge in [-0.3, -0.25) is 4.98 Å². The van der Waals surface area contributed by atoms with Gasteiger partial charge in [0.05, 0.1) is 5.69 Å². The minimum Gasteiger partial charge on any atom is -0.444 e. The van der Waals surface area contributed by atoms with Crippen LogP contribution in [0.1, 0.15) is 39.1 Å². The van der Waals surface area contributed by atoms with Crippen LogP contribution in [0.4, 0.5) is 4.79 Å². The molecule has 0 aliphatic heterocycles. The minimum atomic E-state index is -0.466. The first-order valence-electron chi connectivity index (χ1n) is 6.89. The molecule has 20 heavy (non-hydrogen) atoms. The summed E-state index contributed by atoms with van der Waals surface area (Å²) in [6.07, 6.45) is -0.389. The molecule has 1 atom stereocenters. The summed E-state index contributed by atoms with van der Waals surface area (Å²) in [7, 11) is 0. The van der Waals surface area contributed by atoms with Crippen LogP contribution >= 0.6 is 0 Å². The van der Waals surface area contributed by atoms with E-state index in [1.54, 1.807) is 0 Å². The van der Waals surface area contributed by atoms with Crippen molar-refractivity contribution >= 4 is 6.09 Å². The minimum absolute atomic E-state index is 0.143. The van der Waals surface area contributed by atoms with E-state index in [1.165, 1.54) is 0 Å². The smallest absolute Gasteiger partial charge is 0.407 e. The molecule has 0 spiro atoms. The zero-order valence-electron chi connectivity index (χ0n) is 13.0. The number of carbonyl (C=O) groups excluding carboxylic acids is 1. The summed E-state index contributed by atoms with van der Waals surface area (Å²) < 4.78 is 5.18. The SMILES string of the molecule is Cc1cccc(CNC(C)CNC(=O)OC(C)(C)C)n1. The maximum Gasteiger partial charge on any atom is 0.407 e. The Morgan fingerprint density at radius 1 is 1.40 bits per heavy atom. The van der Waals surface area contributed by atoms with Crippen molar-refractivity contribution in [2.45, 2.75) is 52.8 Å². The zero-order chi connectivity index (χ0) is 15.2. The molecule has 0 fully saturated rings. The Kier molecular flexibility index (Phi) is 5.95. The Morgan fingerprint density at radius 3 is 2.70 bits per heavy atom. The molecule has 0 radical (unpaired) electrons. The lowest BCUT2D eigenvalue weighted by molar-refractivity contribution is 0.0523. The number of pyridine rings is 1. The zero-order valence-corrected chi connectivity index (χ0v) is 13.0. The molecule has 0 aliphatic rings. The Bertz CT molecular complexity index is 441. The van der Waals surface area contributed by atoms with Crippen molar-refractivity contribution in [1.29, 1.82) is 0 Å². The molecule has 1 amide bonds. The Hall–Kier alpha value is -1.62. The van der Waals surface area contributed by atoms with E-state index in [0.717, 1.165) is 11.4 Å². The van der Waals surface area contributed by atoms with Crippen LogP contribution in [0.2, 0.25) is 0 Å². The summed E-state index contributed by atoms with van der Waals surface area (Å²) >= 11 is 0. The van der Waals surface area contributed by atoms with Crippen LogP contribution < -0.4 is 10.6 Å². The third-order valence-corrected chi connectivity index (χ3v) is 2.53. The summed E-state index contributed by atoms with van der Waals surface area (Å²) in [5.41, 5.74) is 1.53. The Balaban J connectivity index is 2.27. The number of aryl methyl sites for hydroxylation is 1. The van der Waals surface area contributed by atoms with E-state index in [0.29, 0.717) is 13.1 Å². The maximum absolute atomic E-state index is 11.5. The average molecular weight is 279 g/mol. The van der Waals surface area contributed by atoms with E-state index in [9.17, 15) is 4.79 Å². The summed E-state index contributed by atoms with van der Waals surface area (Å²) in [6.45, 7) is 10.7. The van der Waals surface area contributed by atoms with Crippen LogP contribution in [-0.4, -0.2) is 29.3 Å². The highest BCUT2D eigenvalue weighted by atomic mass is 16.6. The third-order valence-electron chi connectivity index (χ3n) is 2.53. The molecule has 0 saturated carbocycles. The van der Waals surface area contributed by atoms with Crippen molar-refractivity contribution in [2.75, 3.05) is 6.54 Å². The first-order valence-corrected chi connectivity index (χ1v) is 6.89. The Labute approximate surface area is 121 Å². The number of nitrogens with one attached hydrogen (secondary N) is 2. The fourth-order valence-corrected chi connectivity index (χ4v) is 1.60. The van der Waals surface area contributed by atoms with Crippen molar-refractivity contribution in [3.8, 4) is 0 Å². The summed E-state index contributed by atoms with van der Waals surface area (Å²) in [5.74, 6) is 0. The van der Waals surface area contributed by atoms with Crippen molar-refractivity contribution < 1.29 is 9.53 Å². The monoisotopic (exact) mass is 279 g/mol. The lowest BCUT2D eigenvalue weighted by Gasteiger charge is -2.21. The number of carbonyl (C=O) groups is 1. The molecule has 5 heteroatoms. The normalized spacial score (nSPS) is 12.8. The summed E-state index contributed by atoms with van der Waals surface area (Å²) in [6, 6.07) is 6.08. The number of alkyl carbamates (subject to hydrolysis) is 1. The number of amides is 1. The van der Waals surface area contributed by atoms with E-state index in [4.69, 9.17) is 4.74 Å². The number of hydrogen-bond donors (Lipinski definition) is 2. The van der Waals surface area contributed by atoms with E-state index in [1.807, 2.05) is 52.8 Å². The van der Waals surface area contributed by atoms with Crippen molar-refractivity contribution in [3.05, 3.63) is 29.6 Å². The van der Waals surface area contributed by atoms with Crippen LogP contribution in [0.3, 0.4) is 0 Å². The lowest BCUT2D eigenvalue weighted by atomic mass is 10.2. The van der Waals surface area contributed by atoms with E-state index in [2.05, 4.69) is 15.6 Å². The highest BCUT2D eigenvalue weighted by Crippen LogP contribution is 2.06. The molecule has 2 N–H and O–H groups in total. The molecular weight excluding hydrogens is 254 g/mol. The molecule has 1 aromatic rings. The number of rotatable bonds is 5. The van der Waals surface area contributed by atoms with Gasteiger partial charge in [0.25, 0.3) is 0 Å². The van der Waals surface area contributed by atoms with Crippen molar-refractivity contribution in [1.82, 2.24) is 15.6 Å². The summed E-state index contributed by atoms with van der Waals surface area (Å²) in [5, 5.41) is 6.05. The van der Waals surface area contributed by atoms with E-state index in [-0.39, 0.29) is 12.1 Å². The van der Waals surface area contributed by atoms with Gasteiger partial charge in [0.1, 0.15) is 5.60 Å². The molecule has 1 rings (SSSR count). The van der Waals surface area contributed by atoms with E-state index < -0.39 is 5.60 Å². The predicted molar refractivity (Wildman–Crippen MR) is 79.5 cm³/mol. The van der Waals surface area contributed by atoms with Crippen LogP contribution in [0, 0.1) is 6.92 Å². The Morgan fingerprint density at radius 2 is 2.10 bits per heavy atom. The van der Waals surface area contributed by atoms with Gasteiger partial charge in [-0.05, 0) is 46.8 Å². The van der Waals surface area contributed by atoms with E-state index >= 15 is 0 Å². The van der Waals surface area contributed by atoms with Gasteiger partial charge in [-0.1, -0.05) is 6.07 Å². The third kappa shape index (κ3) is 7.09. The quantitative estimate of drug-likeness (QED) is 0.868. The summed E-state index contributed by atoms with van der Waals surface area (Å²) in [4.78, 5) is 15.9. The number of hydrogen-bond acceptors (Lipinski definition) is 4. The van der Waals surface area contributed by atoms with Crippen molar-refractivity contribution in [2.24, 2.45) is 0 Å². The standard InChI is InChI=1S/C15H25N3O2/c1-11-7-6-8-13(18-11)10-16-12(2)9-17-14(19)20-15(3,4)5/h6-8,12,16H,9-10H2,1-5H3,(H,17,19).